The number of sulfonamides is 1. The molecule has 5 nitrogen and oxygen atoms in total. The van der Waals surface area contributed by atoms with Gasteiger partial charge in [0.1, 0.15) is 5.82 Å². The van der Waals surface area contributed by atoms with Gasteiger partial charge >= 0.3 is 7.12 Å². The van der Waals surface area contributed by atoms with Crippen molar-refractivity contribution in [3.63, 3.8) is 0 Å². The minimum absolute atomic E-state index is 0.227. The van der Waals surface area contributed by atoms with Gasteiger partial charge in [0.05, 0.1) is 4.90 Å². The van der Waals surface area contributed by atoms with Crippen LogP contribution in [0.4, 0.5) is 4.39 Å². The van der Waals surface area contributed by atoms with Crippen LogP contribution in [-0.4, -0.2) is 32.6 Å². The van der Waals surface area contributed by atoms with Gasteiger partial charge in [-0.1, -0.05) is 0 Å². The van der Waals surface area contributed by atoms with Crippen LogP contribution in [0.1, 0.15) is 0 Å². The number of hydrogen-bond acceptors (Lipinski definition) is 4. The minimum atomic E-state index is -3.71. The topological polar surface area (TPSA) is 86.6 Å². The van der Waals surface area contributed by atoms with Crippen molar-refractivity contribution < 1.29 is 22.9 Å². The third-order valence-electron chi connectivity index (χ3n) is 1.82. The predicted molar refractivity (Wildman–Crippen MR) is 52.5 cm³/mol. The largest absolute Gasteiger partial charge is 0.491 e. The number of benzene rings is 1. The molecule has 0 bridgehead atoms. The van der Waals surface area contributed by atoms with E-state index in [1.807, 2.05) is 4.72 Å². The summed E-state index contributed by atoms with van der Waals surface area (Å²) in [6, 6.07) is 2.76. The van der Waals surface area contributed by atoms with E-state index in [1.165, 1.54) is 7.05 Å². The molecule has 0 atom stereocenters. The predicted octanol–water partition coefficient (Wildman–Crippen LogP) is -1.59. The molecular weight excluding hydrogens is 224 g/mol. The highest BCUT2D eigenvalue weighted by Gasteiger charge is 2.20. The Labute approximate surface area is 86.8 Å². The number of rotatable bonds is 3. The van der Waals surface area contributed by atoms with Gasteiger partial charge in [0.25, 0.3) is 0 Å². The average molecular weight is 233 g/mol. The third-order valence-corrected chi connectivity index (χ3v) is 3.24. The Morgan fingerprint density at radius 2 is 2.00 bits per heavy atom. The van der Waals surface area contributed by atoms with Crippen LogP contribution in [0.15, 0.2) is 23.1 Å². The standard InChI is InChI=1S/C7H9BFNO4S/c1-10-15(13,14)5-2-3-7(9)6(4-5)8(11)12/h2-4,10-12H,1H3. The first-order valence-corrected chi connectivity index (χ1v) is 5.46. The Balaban J connectivity index is 3.31. The van der Waals surface area contributed by atoms with E-state index in [2.05, 4.69) is 0 Å². The molecule has 1 rings (SSSR count). The van der Waals surface area contributed by atoms with E-state index in [9.17, 15) is 12.8 Å². The van der Waals surface area contributed by atoms with Gasteiger partial charge in [-0.25, -0.2) is 17.5 Å². The Kier molecular flexibility index (Phi) is 3.45. The smallest absolute Gasteiger partial charge is 0.423 e. The maximum Gasteiger partial charge on any atom is 0.491 e. The lowest BCUT2D eigenvalue weighted by atomic mass is 9.80. The van der Waals surface area contributed by atoms with Crippen molar-refractivity contribution in [2.24, 2.45) is 0 Å². The van der Waals surface area contributed by atoms with Crippen LogP contribution in [0, 0.1) is 5.82 Å². The summed E-state index contributed by atoms with van der Waals surface area (Å²) in [5.41, 5.74) is -0.480. The van der Waals surface area contributed by atoms with Crippen LogP contribution in [0.3, 0.4) is 0 Å². The van der Waals surface area contributed by atoms with Crippen molar-refractivity contribution in [2.45, 2.75) is 4.90 Å². The maximum absolute atomic E-state index is 13.0. The molecule has 1 aromatic rings. The quantitative estimate of drug-likeness (QED) is 0.549. The Morgan fingerprint density at radius 1 is 1.40 bits per heavy atom. The van der Waals surface area contributed by atoms with Crippen LogP contribution < -0.4 is 10.2 Å². The molecule has 82 valence electrons. The first kappa shape index (κ1) is 12.1. The fourth-order valence-electron chi connectivity index (χ4n) is 1.00. The molecule has 0 saturated carbocycles. The molecule has 0 heterocycles. The van der Waals surface area contributed by atoms with E-state index in [-0.39, 0.29) is 4.90 Å². The molecule has 0 spiro atoms. The molecule has 0 unspecified atom stereocenters. The summed E-state index contributed by atoms with van der Waals surface area (Å²) < 4.78 is 37.6. The fraction of sp³-hybridized carbons (Fsp3) is 0.143. The lowest BCUT2D eigenvalue weighted by molar-refractivity contribution is 0.423. The summed E-state index contributed by atoms with van der Waals surface area (Å²) in [5.74, 6) is -0.875. The number of nitrogens with one attached hydrogen (secondary N) is 1. The van der Waals surface area contributed by atoms with Crippen molar-refractivity contribution >= 4 is 22.6 Å². The van der Waals surface area contributed by atoms with Gasteiger partial charge in [-0.2, -0.15) is 0 Å². The van der Waals surface area contributed by atoms with Gasteiger partial charge in [-0.15, -0.1) is 0 Å². The summed E-state index contributed by atoms with van der Waals surface area (Å²) in [5, 5.41) is 17.5. The van der Waals surface area contributed by atoms with Gasteiger partial charge in [0.2, 0.25) is 10.0 Å². The van der Waals surface area contributed by atoms with Crippen LogP contribution in [-0.2, 0) is 10.0 Å². The molecule has 0 aliphatic rings. The van der Waals surface area contributed by atoms with Crippen LogP contribution in [0.2, 0.25) is 0 Å². The second-order valence-corrected chi connectivity index (χ2v) is 4.65. The SMILES string of the molecule is CNS(=O)(=O)c1ccc(F)c(B(O)O)c1. The molecule has 0 fully saturated rings. The van der Waals surface area contributed by atoms with Gasteiger partial charge in [0.15, 0.2) is 0 Å². The lowest BCUT2D eigenvalue weighted by Crippen LogP contribution is -2.34. The molecular formula is C7H9BFNO4S. The Morgan fingerprint density at radius 3 is 2.47 bits per heavy atom. The molecule has 0 aromatic heterocycles. The fourth-order valence-corrected chi connectivity index (χ4v) is 1.77. The summed E-state index contributed by atoms with van der Waals surface area (Å²) in [6.07, 6.45) is 0. The maximum atomic E-state index is 13.0. The molecule has 3 N–H and O–H groups in total. The highest BCUT2D eigenvalue weighted by Crippen LogP contribution is 2.07. The summed E-state index contributed by atoms with van der Waals surface area (Å²) in [7, 11) is -4.55. The van der Waals surface area contributed by atoms with E-state index in [0.717, 1.165) is 18.2 Å². The summed E-state index contributed by atoms with van der Waals surface area (Å²) in [4.78, 5) is -0.227. The first-order valence-electron chi connectivity index (χ1n) is 3.97. The van der Waals surface area contributed by atoms with Crippen LogP contribution >= 0.6 is 0 Å². The monoisotopic (exact) mass is 233 g/mol. The molecule has 0 amide bonds. The van der Waals surface area contributed by atoms with Crippen molar-refractivity contribution in [1.82, 2.24) is 4.72 Å². The normalized spacial score (nSPS) is 11.5. The zero-order valence-electron chi connectivity index (χ0n) is 7.81. The van der Waals surface area contributed by atoms with Gasteiger partial charge in [-0.3, -0.25) is 0 Å². The molecule has 1 aromatic carbocycles. The third kappa shape index (κ3) is 2.54. The van der Waals surface area contributed by atoms with Gasteiger partial charge < -0.3 is 10.0 Å². The van der Waals surface area contributed by atoms with Crippen molar-refractivity contribution in [3.05, 3.63) is 24.0 Å². The van der Waals surface area contributed by atoms with Crippen molar-refractivity contribution in [1.29, 1.82) is 0 Å². The minimum Gasteiger partial charge on any atom is -0.423 e. The molecule has 0 aliphatic carbocycles. The summed E-state index contributed by atoms with van der Waals surface area (Å²) in [6.45, 7) is 0. The van der Waals surface area contributed by atoms with Crippen LogP contribution in [0.5, 0.6) is 0 Å². The second kappa shape index (κ2) is 4.27. The van der Waals surface area contributed by atoms with E-state index in [1.54, 1.807) is 0 Å². The lowest BCUT2D eigenvalue weighted by Gasteiger charge is -2.06. The highest BCUT2D eigenvalue weighted by molar-refractivity contribution is 7.89. The molecule has 0 aliphatic heterocycles. The molecule has 8 heteroatoms. The summed E-state index contributed by atoms with van der Waals surface area (Å²) >= 11 is 0. The number of halogens is 1. The zero-order valence-corrected chi connectivity index (χ0v) is 8.62. The Hall–Kier alpha value is -0.955. The average Bonchev–Trinajstić information content (AvgIpc) is 2.17. The van der Waals surface area contributed by atoms with E-state index in [4.69, 9.17) is 10.0 Å². The molecule has 15 heavy (non-hydrogen) atoms. The second-order valence-electron chi connectivity index (χ2n) is 2.76. The van der Waals surface area contributed by atoms with Crippen LogP contribution in [0.25, 0.3) is 0 Å². The van der Waals surface area contributed by atoms with Gasteiger partial charge in [0, 0.05) is 5.46 Å². The first-order chi connectivity index (χ1) is 6.88. The van der Waals surface area contributed by atoms with E-state index in [0.29, 0.717) is 0 Å². The highest BCUT2D eigenvalue weighted by atomic mass is 32.2. The molecule has 0 saturated heterocycles. The van der Waals surface area contributed by atoms with Gasteiger partial charge in [-0.05, 0) is 25.2 Å². The van der Waals surface area contributed by atoms with Crippen molar-refractivity contribution in [3.8, 4) is 0 Å². The van der Waals surface area contributed by atoms with E-state index < -0.39 is 28.4 Å². The zero-order chi connectivity index (χ0) is 11.6. The molecule has 0 radical (unpaired) electrons. The van der Waals surface area contributed by atoms with E-state index >= 15 is 0 Å². The van der Waals surface area contributed by atoms with Crippen molar-refractivity contribution in [2.75, 3.05) is 7.05 Å². The Bertz CT molecular complexity index is 462. The number of hydrogen-bond donors (Lipinski definition) is 3.